The number of nitrogens with zero attached hydrogens (tertiary/aromatic N) is 1. The number of aromatic nitrogens is 1. The highest BCUT2D eigenvalue weighted by atomic mass is 16.5. The summed E-state index contributed by atoms with van der Waals surface area (Å²) in [4.78, 5) is 24.3. The van der Waals surface area contributed by atoms with Crippen molar-refractivity contribution in [3.63, 3.8) is 0 Å². The smallest absolute Gasteiger partial charge is 0.339 e. The number of esters is 1. The number of hydrogen-bond acceptors (Lipinski definition) is 4. The third kappa shape index (κ3) is 4.81. The van der Waals surface area contributed by atoms with E-state index in [0.29, 0.717) is 4.73 Å². The molecule has 1 N–H and O–H groups in total. The van der Waals surface area contributed by atoms with E-state index in [1.54, 1.807) is 0 Å². The first-order valence-electron chi connectivity index (χ1n) is 8.58. The van der Waals surface area contributed by atoms with Crippen LogP contribution in [-0.2, 0) is 9.53 Å². The standard InChI is InChI=1S/C20H24N2O4/c1-13(2)16-6-5-7-17(14(3)4)19(16)21-18(23)12-26-20(24)15-8-10-22(25)11-9-15/h5-11,13-14H,12H2,1-4H3,(H,21,23). The zero-order valence-electron chi connectivity index (χ0n) is 15.5. The highest BCUT2D eigenvalue weighted by molar-refractivity contribution is 5.96. The molecule has 2 rings (SSSR count). The predicted molar refractivity (Wildman–Crippen MR) is 98.9 cm³/mol. The molecule has 138 valence electrons. The van der Waals surface area contributed by atoms with Gasteiger partial charge in [-0.2, -0.15) is 4.73 Å². The zero-order valence-corrected chi connectivity index (χ0v) is 15.5. The minimum Gasteiger partial charge on any atom is -0.619 e. The molecule has 1 heterocycles. The van der Waals surface area contributed by atoms with Gasteiger partial charge in [-0.25, -0.2) is 4.79 Å². The van der Waals surface area contributed by atoms with Crippen molar-refractivity contribution in [2.75, 3.05) is 11.9 Å². The van der Waals surface area contributed by atoms with Crippen LogP contribution < -0.4 is 10.0 Å². The quantitative estimate of drug-likeness (QED) is 0.489. The Morgan fingerprint density at radius 2 is 1.58 bits per heavy atom. The van der Waals surface area contributed by atoms with Crippen molar-refractivity contribution in [3.8, 4) is 0 Å². The van der Waals surface area contributed by atoms with E-state index in [0.717, 1.165) is 16.8 Å². The topological polar surface area (TPSA) is 82.3 Å². The second-order valence-electron chi connectivity index (χ2n) is 6.69. The molecule has 1 amide bonds. The molecular formula is C20H24N2O4. The Morgan fingerprint density at radius 3 is 2.08 bits per heavy atom. The van der Waals surface area contributed by atoms with Gasteiger partial charge in [0.2, 0.25) is 0 Å². The van der Waals surface area contributed by atoms with Crippen molar-refractivity contribution < 1.29 is 19.1 Å². The van der Waals surface area contributed by atoms with Crippen LogP contribution in [0.15, 0.2) is 42.7 Å². The zero-order chi connectivity index (χ0) is 19.3. The fraction of sp³-hybridized carbons (Fsp3) is 0.350. The number of para-hydroxylation sites is 1. The Balaban J connectivity index is 2.08. The summed E-state index contributed by atoms with van der Waals surface area (Å²) in [5, 5.41) is 13.9. The molecule has 0 spiro atoms. The second kappa shape index (κ2) is 8.47. The van der Waals surface area contributed by atoms with E-state index >= 15 is 0 Å². The first-order chi connectivity index (χ1) is 12.3. The molecule has 2 aromatic rings. The van der Waals surface area contributed by atoms with E-state index in [1.807, 2.05) is 18.2 Å². The van der Waals surface area contributed by atoms with E-state index < -0.39 is 18.5 Å². The van der Waals surface area contributed by atoms with E-state index in [4.69, 9.17) is 4.74 Å². The molecule has 1 aromatic heterocycles. The summed E-state index contributed by atoms with van der Waals surface area (Å²) in [6, 6.07) is 8.65. The maximum atomic E-state index is 12.3. The predicted octanol–water partition coefficient (Wildman–Crippen LogP) is 3.36. The van der Waals surface area contributed by atoms with Gasteiger partial charge in [0.15, 0.2) is 19.0 Å². The summed E-state index contributed by atoms with van der Waals surface area (Å²) in [5.74, 6) is -0.561. The van der Waals surface area contributed by atoms with Crippen LogP contribution in [0.3, 0.4) is 0 Å². The Labute approximate surface area is 153 Å². The van der Waals surface area contributed by atoms with Crippen LogP contribution in [0.25, 0.3) is 0 Å². The minimum atomic E-state index is -0.651. The van der Waals surface area contributed by atoms with E-state index in [-0.39, 0.29) is 17.4 Å². The molecule has 0 bridgehead atoms. The lowest BCUT2D eigenvalue weighted by atomic mass is 9.92. The number of ether oxygens (including phenoxy) is 1. The van der Waals surface area contributed by atoms with Gasteiger partial charge in [-0.15, -0.1) is 0 Å². The molecule has 0 unspecified atom stereocenters. The number of pyridine rings is 1. The summed E-state index contributed by atoms with van der Waals surface area (Å²) in [7, 11) is 0. The Morgan fingerprint density at radius 1 is 1.04 bits per heavy atom. The molecule has 6 heteroatoms. The molecule has 0 aliphatic carbocycles. The van der Waals surface area contributed by atoms with E-state index in [1.165, 1.54) is 24.5 Å². The molecular weight excluding hydrogens is 332 g/mol. The third-order valence-corrected chi connectivity index (χ3v) is 4.01. The molecule has 26 heavy (non-hydrogen) atoms. The molecule has 0 aliphatic heterocycles. The van der Waals surface area contributed by atoms with Gasteiger partial charge < -0.3 is 15.3 Å². The maximum absolute atomic E-state index is 12.3. The molecule has 0 saturated heterocycles. The number of hydrogen-bond donors (Lipinski definition) is 1. The summed E-state index contributed by atoms with van der Waals surface area (Å²) in [6.45, 7) is 7.86. The van der Waals surface area contributed by atoms with Gasteiger partial charge in [0.1, 0.15) is 0 Å². The van der Waals surface area contributed by atoms with Gasteiger partial charge in [-0.3, -0.25) is 4.79 Å². The van der Waals surface area contributed by atoms with Crippen LogP contribution in [0, 0.1) is 5.21 Å². The molecule has 0 saturated carbocycles. The SMILES string of the molecule is CC(C)c1cccc(C(C)C)c1NC(=O)COC(=O)c1cc[n+]([O-])cc1. The van der Waals surface area contributed by atoms with Gasteiger partial charge in [-0.1, -0.05) is 45.9 Å². The number of carbonyl (C=O) groups is 2. The summed E-state index contributed by atoms with van der Waals surface area (Å²) >= 11 is 0. The second-order valence-corrected chi connectivity index (χ2v) is 6.69. The van der Waals surface area contributed by atoms with Crippen LogP contribution >= 0.6 is 0 Å². The lowest BCUT2D eigenvalue weighted by molar-refractivity contribution is -0.605. The average Bonchev–Trinajstić information content (AvgIpc) is 2.60. The van der Waals surface area contributed by atoms with E-state index in [2.05, 4.69) is 33.0 Å². The monoisotopic (exact) mass is 356 g/mol. The minimum absolute atomic E-state index is 0.218. The number of nitrogens with one attached hydrogen (secondary N) is 1. The molecule has 0 aliphatic rings. The van der Waals surface area contributed by atoms with Crippen molar-refractivity contribution in [1.82, 2.24) is 0 Å². The molecule has 6 nitrogen and oxygen atoms in total. The largest absolute Gasteiger partial charge is 0.619 e. The average molecular weight is 356 g/mol. The van der Waals surface area contributed by atoms with Crippen LogP contribution in [0.1, 0.15) is 61.0 Å². The third-order valence-electron chi connectivity index (χ3n) is 4.01. The van der Waals surface area contributed by atoms with Gasteiger partial charge in [-0.05, 0) is 23.0 Å². The van der Waals surface area contributed by atoms with Crippen molar-refractivity contribution >= 4 is 17.6 Å². The Kier molecular flexibility index (Phi) is 6.33. The van der Waals surface area contributed by atoms with Gasteiger partial charge in [0, 0.05) is 17.8 Å². The normalized spacial score (nSPS) is 10.8. The molecule has 0 fully saturated rings. The first-order valence-corrected chi connectivity index (χ1v) is 8.58. The van der Waals surface area contributed by atoms with Crippen LogP contribution in [-0.4, -0.2) is 18.5 Å². The van der Waals surface area contributed by atoms with Crippen molar-refractivity contribution in [2.24, 2.45) is 0 Å². The van der Waals surface area contributed by atoms with Crippen LogP contribution in [0.2, 0.25) is 0 Å². The lowest BCUT2D eigenvalue weighted by Gasteiger charge is -2.20. The van der Waals surface area contributed by atoms with Gasteiger partial charge >= 0.3 is 5.97 Å². The highest BCUT2D eigenvalue weighted by Crippen LogP contribution is 2.32. The van der Waals surface area contributed by atoms with Crippen molar-refractivity contribution in [3.05, 3.63) is 64.6 Å². The fourth-order valence-corrected chi connectivity index (χ4v) is 2.63. The number of anilines is 1. The maximum Gasteiger partial charge on any atom is 0.339 e. The first kappa shape index (κ1) is 19.4. The number of benzene rings is 1. The Bertz CT molecular complexity index is 757. The van der Waals surface area contributed by atoms with Crippen LogP contribution in [0.5, 0.6) is 0 Å². The molecule has 1 aromatic carbocycles. The summed E-state index contributed by atoms with van der Waals surface area (Å²) < 4.78 is 5.61. The summed E-state index contributed by atoms with van der Waals surface area (Å²) in [5.41, 5.74) is 3.08. The number of amides is 1. The van der Waals surface area contributed by atoms with Crippen LogP contribution in [0.4, 0.5) is 5.69 Å². The van der Waals surface area contributed by atoms with Gasteiger partial charge in [0.25, 0.3) is 5.91 Å². The number of carbonyl (C=O) groups excluding carboxylic acids is 2. The fourth-order valence-electron chi connectivity index (χ4n) is 2.63. The summed E-state index contributed by atoms with van der Waals surface area (Å²) in [6.07, 6.45) is 2.40. The molecule has 0 atom stereocenters. The van der Waals surface area contributed by atoms with Crippen molar-refractivity contribution in [1.29, 1.82) is 0 Å². The molecule has 0 radical (unpaired) electrons. The van der Waals surface area contributed by atoms with E-state index in [9.17, 15) is 14.8 Å². The van der Waals surface area contributed by atoms with Crippen molar-refractivity contribution in [2.45, 2.75) is 39.5 Å². The lowest BCUT2D eigenvalue weighted by Crippen LogP contribution is -2.25. The number of rotatable bonds is 6. The van der Waals surface area contributed by atoms with Gasteiger partial charge in [0.05, 0.1) is 5.56 Å². The highest BCUT2D eigenvalue weighted by Gasteiger charge is 2.17. The Hall–Kier alpha value is -2.89.